The van der Waals surface area contributed by atoms with E-state index in [0.717, 1.165) is 11.8 Å². The largest absolute Gasteiger partial charge is 0.497 e. The summed E-state index contributed by atoms with van der Waals surface area (Å²) in [6.45, 7) is 0. The van der Waals surface area contributed by atoms with Crippen LogP contribution in [-0.4, -0.2) is 24.7 Å². The van der Waals surface area contributed by atoms with Crippen molar-refractivity contribution in [1.29, 1.82) is 5.26 Å². The molecule has 1 aliphatic heterocycles. The Kier molecular flexibility index (Phi) is 5.84. The number of allylic oxidation sites excluding steroid dienone is 1. The third-order valence-electron chi connectivity index (χ3n) is 3.94. The van der Waals surface area contributed by atoms with E-state index in [1.54, 1.807) is 43.5 Å². The zero-order valence-electron chi connectivity index (χ0n) is 14.5. The van der Waals surface area contributed by atoms with E-state index < -0.39 is 5.92 Å². The minimum atomic E-state index is -0.442. The molecule has 2 N–H and O–H groups in total. The van der Waals surface area contributed by atoms with Gasteiger partial charge in [-0.3, -0.25) is 9.59 Å². The van der Waals surface area contributed by atoms with E-state index in [0.29, 0.717) is 27.8 Å². The number of nitrogens with one attached hydrogen (secondary N) is 2. The zero-order chi connectivity index (χ0) is 19.2. The maximum absolute atomic E-state index is 12.2. The summed E-state index contributed by atoms with van der Waals surface area (Å²) in [5.74, 6) is 0.320. The predicted octanol–water partition coefficient (Wildman–Crippen LogP) is 3.00. The SMILES string of the molecule is COc1cccc(NC(=O)CSC2=C(C#N)[C@@H](c3ccco3)CC(=O)N2)c1. The molecular weight excluding hydrogens is 366 g/mol. The molecule has 0 spiro atoms. The molecule has 0 saturated carbocycles. The molecule has 0 unspecified atom stereocenters. The van der Waals surface area contributed by atoms with Crippen LogP contribution < -0.4 is 15.4 Å². The second-order valence-corrected chi connectivity index (χ2v) is 6.73. The highest BCUT2D eigenvalue weighted by Crippen LogP contribution is 2.36. The summed E-state index contributed by atoms with van der Waals surface area (Å²) in [5, 5.41) is 15.4. The second kappa shape index (κ2) is 8.47. The normalized spacial score (nSPS) is 16.4. The minimum Gasteiger partial charge on any atom is -0.497 e. The number of carbonyl (C=O) groups is 2. The van der Waals surface area contributed by atoms with Crippen molar-refractivity contribution in [2.45, 2.75) is 12.3 Å². The number of nitrogens with zero attached hydrogens (tertiary/aromatic N) is 1. The Bertz CT molecular complexity index is 915. The Labute approximate surface area is 160 Å². The van der Waals surface area contributed by atoms with Gasteiger partial charge < -0.3 is 19.8 Å². The van der Waals surface area contributed by atoms with Crippen molar-refractivity contribution in [3.8, 4) is 11.8 Å². The number of hydrogen-bond acceptors (Lipinski definition) is 6. The predicted molar refractivity (Wildman–Crippen MR) is 101 cm³/mol. The molecule has 27 heavy (non-hydrogen) atoms. The van der Waals surface area contributed by atoms with Gasteiger partial charge in [-0.2, -0.15) is 5.26 Å². The van der Waals surface area contributed by atoms with E-state index >= 15 is 0 Å². The van der Waals surface area contributed by atoms with E-state index in [2.05, 4.69) is 16.7 Å². The lowest BCUT2D eigenvalue weighted by Gasteiger charge is -2.23. The molecule has 8 heteroatoms. The number of hydrogen-bond donors (Lipinski definition) is 2. The molecule has 0 saturated heterocycles. The Balaban J connectivity index is 1.70. The number of rotatable bonds is 6. The molecule has 7 nitrogen and oxygen atoms in total. The monoisotopic (exact) mass is 383 g/mol. The average molecular weight is 383 g/mol. The van der Waals surface area contributed by atoms with Gasteiger partial charge in [0, 0.05) is 18.2 Å². The van der Waals surface area contributed by atoms with Crippen molar-refractivity contribution in [2.75, 3.05) is 18.2 Å². The van der Waals surface area contributed by atoms with E-state index in [1.165, 1.54) is 6.26 Å². The molecular formula is C19H17N3O4S. The lowest BCUT2D eigenvalue weighted by molar-refractivity contribution is -0.121. The summed E-state index contributed by atoms with van der Waals surface area (Å²) < 4.78 is 10.5. The molecule has 2 aromatic rings. The Morgan fingerprint density at radius 2 is 2.30 bits per heavy atom. The van der Waals surface area contributed by atoms with Crippen LogP contribution in [0.15, 0.2) is 57.7 Å². The summed E-state index contributed by atoms with van der Waals surface area (Å²) in [6, 6.07) is 12.6. The van der Waals surface area contributed by atoms with Gasteiger partial charge in [0.05, 0.1) is 41.7 Å². The van der Waals surface area contributed by atoms with Gasteiger partial charge in [-0.15, -0.1) is 0 Å². The molecule has 1 aromatic carbocycles. The summed E-state index contributed by atoms with van der Waals surface area (Å²) in [4.78, 5) is 24.3. The van der Waals surface area contributed by atoms with Crippen molar-refractivity contribution in [3.05, 3.63) is 59.0 Å². The fourth-order valence-corrected chi connectivity index (χ4v) is 3.58. The van der Waals surface area contributed by atoms with Gasteiger partial charge in [0.1, 0.15) is 11.5 Å². The molecule has 1 aromatic heterocycles. The van der Waals surface area contributed by atoms with E-state index in [9.17, 15) is 14.9 Å². The first kappa shape index (κ1) is 18.6. The van der Waals surface area contributed by atoms with Gasteiger partial charge >= 0.3 is 0 Å². The highest BCUT2D eigenvalue weighted by Gasteiger charge is 2.31. The fraction of sp³-hybridized carbons (Fsp3) is 0.211. The number of benzene rings is 1. The Morgan fingerprint density at radius 1 is 1.44 bits per heavy atom. The molecule has 1 aliphatic rings. The van der Waals surface area contributed by atoms with Crippen LogP contribution in [-0.2, 0) is 9.59 Å². The van der Waals surface area contributed by atoms with Crippen molar-refractivity contribution >= 4 is 29.3 Å². The topological polar surface area (TPSA) is 104 Å². The van der Waals surface area contributed by atoms with E-state index in [1.807, 2.05) is 0 Å². The Morgan fingerprint density at radius 3 is 3.00 bits per heavy atom. The van der Waals surface area contributed by atoms with Crippen molar-refractivity contribution < 1.29 is 18.7 Å². The number of ether oxygens (including phenoxy) is 1. The third kappa shape index (κ3) is 4.51. The first-order valence-corrected chi connectivity index (χ1v) is 9.13. The van der Waals surface area contributed by atoms with Crippen LogP contribution in [0.1, 0.15) is 18.1 Å². The van der Waals surface area contributed by atoms with Crippen LogP contribution >= 0.6 is 11.8 Å². The van der Waals surface area contributed by atoms with E-state index in [4.69, 9.17) is 9.15 Å². The standard InChI is InChI=1S/C19H17N3O4S/c1-25-13-5-2-4-12(8-13)21-18(24)11-27-19-15(10-20)14(9-17(23)22-19)16-6-3-7-26-16/h2-8,14H,9,11H2,1H3,(H,21,24)(H,22,23)/t14-/m0/s1. The summed E-state index contributed by atoms with van der Waals surface area (Å²) in [6.07, 6.45) is 1.64. The quantitative estimate of drug-likeness (QED) is 0.795. The lowest BCUT2D eigenvalue weighted by Crippen LogP contribution is -2.31. The molecule has 2 heterocycles. The van der Waals surface area contributed by atoms with Gasteiger partial charge in [-0.1, -0.05) is 17.8 Å². The van der Waals surface area contributed by atoms with Crippen LogP contribution in [0.3, 0.4) is 0 Å². The summed E-state index contributed by atoms with van der Waals surface area (Å²) >= 11 is 1.11. The second-order valence-electron chi connectivity index (χ2n) is 5.74. The molecule has 0 radical (unpaired) electrons. The highest BCUT2D eigenvalue weighted by molar-refractivity contribution is 8.03. The van der Waals surface area contributed by atoms with Crippen molar-refractivity contribution in [3.63, 3.8) is 0 Å². The zero-order valence-corrected chi connectivity index (χ0v) is 15.3. The molecule has 0 aliphatic carbocycles. The molecule has 1 atom stereocenters. The van der Waals surface area contributed by atoms with Gasteiger partial charge in [-0.25, -0.2) is 0 Å². The van der Waals surface area contributed by atoms with Gasteiger partial charge in [0.25, 0.3) is 0 Å². The highest BCUT2D eigenvalue weighted by atomic mass is 32.2. The number of amides is 2. The summed E-state index contributed by atoms with van der Waals surface area (Å²) in [7, 11) is 1.55. The summed E-state index contributed by atoms with van der Waals surface area (Å²) in [5.41, 5.74) is 0.999. The fourth-order valence-electron chi connectivity index (χ4n) is 2.70. The van der Waals surface area contributed by atoms with E-state index in [-0.39, 0.29) is 24.0 Å². The first-order chi connectivity index (χ1) is 13.1. The van der Waals surface area contributed by atoms with Crippen LogP contribution in [0.25, 0.3) is 0 Å². The average Bonchev–Trinajstić information content (AvgIpc) is 3.20. The third-order valence-corrected chi connectivity index (χ3v) is 4.96. The van der Waals surface area contributed by atoms with Crippen molar-refractivity contribution in [2.24, 2.45) is 0 Å². The molecule has 2 amide bonds. The number of methoxy groups -OCH3 is 1. The molecule has 0 fully saturated rings. The lowest BCUT2D eigenvalue weighted by atomic mass is 9.92. The van der Waals surface area contributed by atoms with Gasteiger partial charge in [0.2, 0.25) is 11.8 Å². The van der Waals surface area contributed by atoms with Crippen LogP contribution in [0.4, 0.5) is 5.69 Å². The minimum absolute atomic E-state index is 0.0445. The number of anilines is 1. The number of thioether (sulfide) groups is 1. The first-order valence-electron chi connectivity index (χ1n) is 8.15. The molecule has 3 rings (SSSR count). The van der Waals surface area contributed by atoms with Crippen molar-refractivity contribution in [1.82, 2.24) is 5.32 Å². The van der Waals surface area contributed by atoms with Gasteiger partial charge in [-0.05, 0) is 24.3 Å². The van der Waals surface area contributed by atoms with Crippen LogP contribution in [0.5, 0.6) is 5.75 Å². The molecule has 0 bridgehead atoms. The number of furan rings is 1. The van der Waals surface area contributed by atoms with Crippen LogP contribution in [0, 0.1) is 11.3 Å². The number of carbonyl (C=O) groups excluding carboxylic acids is 2. The maximum atomic E-state index is 12.2. The number of nitriles is 1. The molecule has 138 valence electrons. The Hall–Kier alpha value is -3.18. The van der Waals surface area contributed by atoms with Gasteiger partial charge in [0.15, 0.2) is 0 Å². The van der Waals surface area contributed by atoms with Crippen LogP contribution in [0.2, 0.25) is 0 Å². The smallest absolute Gasteiger partial charge is 0.234 e. The maximum Gasteiger partial charge on any atom is 0.234 e.